The van der Waals surface area contributed by atoms with Crippen LogP contribution in [0.1, 0.15) is 5.56 Å². The van der Waals surface area contributed by atoms with Crippen molar-refractivity contribution in [2.75, 3.05) is 0 Å². The van der Waals surface area contributed by atoms with E-state index < -0.39 is 12.2 Å². The maximum Gasteiger partial charge on any atom is 0.574 e. The van der Waals surface area contributed by atoms with Crippen molar-refractivity contribution in [1.82, 2.24) is 4.98 Å². The fourth-order valence-corrected chi connectivity index (χ4v) is 0.826. The van der Waals surface area contributed by atoms with E-state index in [2.05, 4.69) is 9.72 Å². The quantitative estimate of drug-likeness (QED) is 0.737. The van der Waals surface area contributed by atoms with E-state index in [0.29, 0.717) is 5.56 Å². The minimum atomic E-state index is -4.75. The molecule has 0 fully saturated rings. The first-order chi connectivity index (χ1) is 6.51. The van der Waals surface area contributed by atoms with Crippen molar-refractivity contribution in [3.63, 3.8) is 0 Å². The zero-order valence-electron chi connectivity index (χ0n) is 6.88. The highest BCUT2D eigenvalue weighted by Gasteiger charge is 2.31. The number of aromatic nitrogens is 1. The lowest BCUT2D eigenvalue weighted by atomic mass is 10.2. The van der Waals surface area contributed by atoms with E-state index in [-0.39, 0.29) is 6.42 Å². The van der Waals surface area contributed by atoms with Gasteiger partial charge in [-0.05, 0) is 11.6 Å². The molecule has 0 N–H and O–H groups in total. The number of halogens is 3. The number of alkyl halides is 3. The van der Waals surface area contributed by atoms with Crippen LogP contribution in [0.15, 0.2) is 18.3 Å². The summed E-state index contributed by atoms with van der Waals surface area (Å²) in [5.41, 5.74) is 0.432. The first kappa shape index (κ1) is 10.3. The molecule has 3 nitrogen and oxygen atoms in total. The summed E-state index contributed by atoms with van der Waals surface area (Å²) in [6, 6.07) is 4.34. The van der Waals surface area contributed by atoms with Crippen LogP contribution in [-0.2, 0) is 6.42 Å². The predicted octanol–water partition coefficient (Wildman–Crippen LogP) is 2.05. The molecule has 0 bridgehead atoms. The fraction of sp³-hybridized carbons (Fsp3) is 0.250. The maximum atomic E-state index is 11.7. The third kappa shape index (κ3) is 3.31. The monoisotopic (exact) mass is 202 g/mol. The van der Waals surface area contributed by atoms with Crippen molar-refractivity contribution in [1.29, 1.82) is 5.26 Å². The second kappa shape index (κ2) is 3.96. The zero-order valence-corrected chi connectivity index (χ0v) is 6.88. The number of rotatable bonds is 2. The van der Waals surface area contributed by atoms with Gasteiger partial charge in [0.2, 0.25) is 5.88 Å². The second-order valence-corrected chi connectivity index (χ2v) is 2.39. The van der Waals surface area contributed by atoms with Gasteiger partial charge in [0.15, 0.2) is 0 Å². The Hall–Kier alpha value is -1.77. The number of nitriles is 1. The van der Waals surface area contributed by atoms with Gasteiger partial charge in [0.1, 0.15) is 0 Å². The topological polar surface area (TPSA) is 45.9 Å². The summed E-state index contributed by atoms with van der Waals surface area (Å²) in [5.74, 6) is -0.551. The Morgan fingerprint density at radius 3 is 2.79 bits per heavy atom. The molecule has 74 valence electrons. The number of pyridine rings is 1. The molecule has 0 aliphatic rings. The van der Waals surface area contributed by atoms with Crippen LogP contribution in [0, 0.1) is 11.3 Å². The smallest absolute Gasteiger partial charge is 0.388 e. The molecule has 14 heavy (non-hydrogen) atoms. The molecule has 0 atom stereocenters. The summed E-state index contributed by atoms with van der Waals surface area (Å²) in [6.45, 7) is 0. The summed E-state index contributed by atoms with van der Waals surface area (Å²) in [5, 5.41) is 8.31. The number of ether oxygens (including phenoxy) is 1. The molecule has 1 aromatic heterocycles. The molecule has 0 spiro atoms. The molecule has 0 aliphatic carbocycles. The van der Waals surface area contributed by atoms with Crippen molar-refractivity contribution >= 4 is 0 Å². The average Bonchev–Trinajstić information content (AvgIpc) is 2.02. The van der Waals surface area contributed by atoms with E-state index in [9.17, 15) is 13.2 Å². The normalized spacial score (nSPS) is 10.7. The van der Waals surface area contributed by atoms with Crippen LogP contribution in [0.2, 0.25) is 0 Å². The summed E-state index contributed by atoms with van der Waals surface area (Å²) in [6.07, 6.45) is -3.57. The minimum absolute atomic E-state index is 0.0245. The zero-order chi connectivity index (χ0) is 10.6. The first-order valence-electron chi connectivity index (χ1n) is 3.59. The molecule has 0 amide bonds. The molecule has 1 heterocycles. The molecular formula is C8H5F3N2O. The molecular weight excluding hydrogens is 197 g/mol. The van der Waals surface area contributed by atoms with Crippen LogP contribution in [0.3, 0.4) is 0 Å². The summed E-state index contributed by atoms with van der Waals surface area (Å²) >= 11 is 0. The van der Waals surface area contributed by atoms with E-state index in [1.807, 2.05) is 6.07 Å². The Balaban J connectivity index is 2.79. The van der Waals surface area contributed by atoms with Crippen LogP contribution < -0.4 is 4.74 Å². The molecule has 1 aromatic rings. The van der Waals surface area contributed by atoms with E-state index >= 15 is 0 Å². The molecule has 0 saturated carbocycles. The van der Waals surface area contributed by atoms with Crippen LogP contribution in [0.4, 0.5) is 13.2 Å². The minimum Gasteiger partial charge on any atom is -0.388 e. The molecule has 0 radical (unpaired) electrons. The number of hydrogen-bond donors (Lipinski definition) is 0. The second-order valence-electron chi connectivity index (χ2n) is 2.39. The summed E-state index contributed by atoms with van der Waals surface area (Å²) in [4.78, 5) is 3.36. The van der Waals surface area contributed by atoms with Crippen molar-refractivity contribution in [3.8, 4) is 11.9 Å². The van der Waals surface area contributed by atoms with Gasteiger partial charge in [-0.15, -0.1) is 13.2 Å². The average molecular weight is 202 g/mol. The predicted molar refractivity (Wildman–Crippen MR) is 40.2 cm³/mol. The van der Waals surface area contributed by atoms with Crippen molar-refractivity contribution in [3.05, 3.63) is 23.9 Å². The van der Waals surface area contributed by atoms with Gasteiger partial charge in [-0.1, -0.05) is 0 Å². The lowest BCUT2D eigenvalue weighted by molar-refractivity contribution is -0.276. The third-order valence-corrected chi connectivity index (χ3v) is 1.30. The summed E-state index contributed by atoms with van der Waals surface area (Å²) < 4.78 is 38.8. The Labute approximate surface area is 77.7 Å². The van der Waals surface area contributed by atoms with Gasteiger partial charge in [-0.25, -0.2) is 4.98 Å². The highest BCUT2D eigenvalue weighted by molar-refractivity contribution is 5.22. The number of nitrogens with zero attached hydrogens (tertiary/aromatic N) is 2. The molecule has 0 aromatic carbocycles. The summed E-state index contributed by atoms with van der Waals surface area (Å²) in [7, 11) is 0. The lowest BCUT2D eigenvalue weighted by Gasteiger charge is -2.07. The fourth-order valence-electron chi connectivity index (χ4n) is 0.826. The van der Waals surface area contributed by atoms with E-state index in [0.717, 1.165) is 12.3 Å². The van der Waals surface area contributed by atoms with Gasteiger partial charge in [0, 0.05) is 12.3 Å². The molecule has 0 unspecified atom stereocenters. The Bertz CT molecular complexity index is 356. The third-order valence-electron chi connectivity index (χ3n) is 1.30. The van der Waals surface area contributed by atoms with Crippen LogP contribution in [0.5, 0.6) is 5.88 Å². The SMILES string of the molecule is N#CCc1ccnc(OC(F)(F)F)c1. The largest absolute Gasteiger partial charge is 0.574 e. The number of hydrogen-bond acceptors (Lipinski definition) is 3. The van der Waals surface area contributed by atoms with Crippen molar-refractivity contribution in [2.45, 2.75) is 12.8 Å². The Morgan fingerprint density at radius 2 is 2.21 bits per heavy atom. The van der Waals surface area contributed by atoms with Gasteiger partial charge in [0.05, 0.1) is 12.5 Å². The first-order valence-corrected chi connectivity index (χ1v) is 3.59. The molecule has 6 heteroatoms. The van der Waals surface area contributed by atoms with Gasteiger partial charge < -0.3 is 4.74 Å². The van der Waals surface area contributed by atoms with Crippen LogP contribution in [0.25, 0.3) is 0 Å². The van der Waals surface area contributed by atoms with Crippen molar-refractivity contribution < 1.29 is 17.9 Å². The standard InChI is InChI=1S/C8H5F3N2O/c9-8(10,11)14-7-5-6(1-3-12)2-4-13-7/h2,4-5H,1H2. The van der Waals surface area contributed by atoms with E-state index in [1.165, 1.54) is 6.07 Å². The van der Waals surface area contributed by atoms with Gasteiger partial charge in [0.25, 0.3) is 0 Å². The highest BCUT2D eigenvalue weighted by Crippen LogP contribution is 2.21. The molecule has 0 saturated heterocycles. The van der Waals surface area contributed by atoms with Gasteiger partial charge in [-0.3, -0.25) is 0 Å². The van der Waals surface area contributed by atoms with Gasteiger partial charge >= 0.3 is 6.36 Å². The Morgan fingerprint density at radius 1 is 1.50 bits per heavy atom. The van der Waals surface area contributed by atoms with Crippen molar-refractivity contribution in [2.24, 2.45) is 0 Å². The molecule has 1 rings (SSSR count). The lowest BCUT2D eigenvalue weighted by Crippen LogP contribution is -2.17. The van der Waals surface area contributed by atoms with Crippen LogP contribution >= 0.6 is 0 Å². The van der Waals surface area contributed by atoms with Gasteiger partial charge in [-0.2, -0.15) is 5.26 Å². The molecule has 0 aliphatic heterocycles. The highest BCUT2D eigenvalue weighted by atomic mass is 19.4. The Kier molecular flexibility index (Phi) is 2.92. The van der Waals surface area contributed by atoms with E-state index in [1.54, 1.807) is 0 Å². The van der Waals surface area contributed by atoms with Crippen LogP contribution in [-0.4, -0.2) is 11.3 Å². The van der Waals surface area contributed by atoms with E-state index in [4.69, 9.17) is 5.26 Å². The maximum absolute atomic E-state index is 11.7.